The molecular weight excluding hydrogens is 442 g/mol. The van der Waals surface area contributed by atoms with E-state index in [-0.39, 0.29) is 22.9 Å². The van der Waals surface area contributed by atoms with Crippen LogP contribution < -0.4 is 8.92 Å². The Bertz CT molecular complexity index is 1290. The molecule has 0 aliphatic carbocycles. The highest BCUT2D eigenvalue weighted by Gasteiger charge is 2.36. The van der Waals surface area contributed by atoms with Gasteiger partial charge in [0.25, 0.3) is 5.91 Å². The number of hydrogen-bond acceptors (Lipinski definition) is 9. The first-order chi connectivity index (χ1) is 14.7. The maximum atomic E-state index is 12.6. The van der Waals surface area contributed by atoms with Crippen molar-refractivity contribution in [2.45, 2.75) is 0 Å². The molecule has 2 aliphatic rings. The first kappa shape index (κ1) is 20.8. The second kappa shape index (κ2) is 7.96. The van der Waals surface area contributed by atoms with Gasteiger partial charge in [-0.15, -0.1) is 0 Å². The number of nitrogens with one attached hydrogen (secondary N) is 1. The van der Waals surface area contributed by atoms with Crippen LogP contribution in [0.1, 0.15) is 11.1 Å². The fourth-order valence-electron chi connectivity index (χ4n) is 2.77. The van der Waals surface area contributed by atoms with Gasteiger partial charge in [0.1, 0.15) is 5.04 Å². The normalized spacial score (nSPS) is 17.4. The van der Waals surface area contributed by atoms with Crippen molar-refractivity contribution in [1.29, 1.82) is 5.41 Å². The second-order valence-corrected chi connectivity index (χ2v) is 8.90. The fraction of sp³-hybridized carbons (Fsp3) is 0.105. The van der Waals surface area contributed by atoms with Gasteiger partial charge >= 0.3 is 10.1 Å². The lowest BCUT2D eigenvalue weighted by molar-refractivity contribution is -0.114. The van der Waals surface area contributed by atoms with Crippen molar-refractivity contribution >= 4 is 49.9 Å². The molecule has 0 spiro atoms. The summed E-state index contributed by atoms with van der Waals surface area (Å²) in [6, 6.07) is 8.04. The topological polar surface area (TPSA) is 134 Å². The smallest absolute Gasteiger partial charge is 0.306 e. The summed E-state index contributed by atoms with van der Waals surface area (Å²) in [5, 5.41) is 15.0. The number of pyridine rings is 1. The van der Waals surface area contributed by atoms with E-state index in [4.69, 9.17) is 14.3 Å². The minimum absolute atomic E-state index is 0.0131. The number of amidine groups is 2. The Balaban J connectivity index is 1.66. The third-order valence-corrected chi connectivity index (χ3v) is 5.54. The summed E-state index contributed by atoms with van der Waals surface area (Å²) in [4.78, 5) is 20.7. The van der Waals surface area contributed by atoms with E-state index < -0.39 is 16.0 Å². The molecule has 0 bridgehead atoms. The molecule has 1 N–H and O–H groups in total. The number of aliphatic imine (C=N–C) groups is 1. The average molecular weight is 457 g/mol. The van der Waals surface area contributed by atoms with Crippen LogP contribution in [0.4, 0.5) is 0 Å². The SMILES string of the molecule is COc1cc(C=C2C(=N)N3N=C(c4cccnc4)SC3=NC2=O)ccc1OS(C)(=O)=O. The van der Waals surface area contributed by atoms with Crippen molar-refractivity contribution in [2.24, 2.45) is 10.1 Å². The molecule has 158 valence electrons. The van der Waals surface area contributed by atoms with E-state index in [9.17, 15) is 13.2 Å². The van der Waals surface area contributed by atoms with Crippen LogP contribution in [0, 0.1) is 5.41 Å². The van der Waals surface area contributed by atoms with Crippen LogP contribution in [0.3, 0.4) is 0 Å². The molecule has 0 saturated heterocycles. The standard InChI is InChI=1S/C19H15N5O5S2/c1-28-15-9-11(5-6-14(15)29-31(2,26)27)8-13-16(20)24-19(22-17(13)25)30-18(23-24)12-4-3-7-21-10-12/h3-10,20H,1-2H3. The monoisotopic (exact) mass is 457 g/mol. The molecular formula is C19H15N5O5S2. The summed E-state index contributed by atoms with van der Waals surface area (Å²) in [5.41, 5.74) is 1.27. The molecule has 0 saturated carbocycles. The summed E-state index contributed by atoms with van der Waals surface area (Å²) in [5.74, 6) is -0.537. The van der Waals surface area contributed by atoms with Crippen LogP contribution >= 0.6 is 11.8 Å². The molecule has 1 aromatic heterocycles. The number of nitrogens with zero attached hydrogens (tertiary/aromatic N) is 4. The maximum Gasteiger partial charge on any atom is 0.306 e. The number of rotatable bonds is 5. The summed E-state index contributed by atoms with van der Waals surface area (Å²) in [6.45, 7) is 0. The van der Waals surface area contributed by atoms with E-state index in [1.54, 1.807) is 24.5 Å². The van der Waals surface area contributed by atoms with Crippen LogP contribution in [0.5, 0.6) is 11.5 Å². The van der Waals surface area contributed by atoms with Crippen LogP contribution in [-0.4, -0.2) is 53.7 Å². The summed E-state index contributed by atoms with van der Waals surface area (Å²) in [6.07, 6.45) is 5.66. The maximum absolute atomic E-state index is 12.6. The average Bonchev–Trinajstić information content (AvgIpc) is 3.16. The Hall–Kier alpha value is -3.51. The van der Waals surface area contributed by atoms with E-state index >= 15 is 0 Å². The second-order valence-electron chi connectivity index (χ2n) is 6.36. The van der Waals surface area contributed by atoms with Crippen molar-refractivity contribution < 1.29 is 22.1 Å². The molecule has 2 aromatic rings. The molecule has 0 radical (unpaired) electrons. The van der Waals surface area contributed by atoms with Gasteiger partial charge in [-0.25, -0.2) is 0 Å². The van der Waals surface area contributed by atoms with Gasteiger partial charge in [-0.1, -0.05) is 6.07 Å². The van der Waals surface area contributed by atoms with Gasteiger partial charge in [0.05, 0.1) is 18.9 Å². The Morgan fingerprint density at radius 2 is 2.03 bits per heavy atom. The Morgan fingerprint density at radius 1 is 1.23 bits per heavy atom. The number of carbonyl (C=O) groups excluding carboxylic acids is 1. The third-order valence-electron chi connectivity index (χ3n) is 4.10. The first-order valence-corrected chi connectivity index (χ1v) is 11.4. The highest BCUT2D eigenvalue weighted by molar-refractivity contribution is 8.27. The number of thioether (sulfide) groups is 1. The van der Waals surface area contributed by atoms with Crippen molar-refractivity contribution in [3.8, 4) is 11.5 Å². The van der Waals surface area contributed by atoms with Gasteiger partial charge in [-0.2, -0.15) is 23.5 Å². The van der Waals surface area contributed by atoms with Gasteiger partial charge in [-0.3, -0.25) is 15.2 Å². The van der Waals surface area contributed by atoms with Crippen molar-refractivity contribution in [3.63, 3.8) is 0 Å². The molecule has 0 unspecified atom stereocenters. The number of amides is 1. The van der Waals surface area contributed by atoms with Crippen molar-refractivity contribution in [3.05, 3.63) is 59.4 Å². The number of benzene rings is 1. The summed E-state index contributed by atoms with van der Waals surface area (Å²) >= 11 is 1.18. The minimum Gasteiger partial charge on any atom is -0.493 e. The zero-order chi connectivity index (χ0) is 22.2. The van der Waals surface area contributed by atoms with Gasteiger partial charge < -0.3 is 8.92 Å². The van der Waals surface area contributed by atoms with E-state index in [0.717, 1.165) is 11.8 Å². The summed E-state index contributed by atoms with van der Waals surface area (Å²) < 4.78 is 32.8. The van der Waals surface area contributed by atoms with E-state index in [0.29, 0.717) is 15.8 Å². The van der Waals surface area contributed by atoms with Crippen molar-refractivity contribution in [2.75, 3.05) is 13.4 Å². The number of carbonyl (C=O) groups is 1. The van der Waals surface area contributed by atoms with Crippen molar-refractivity contribution in [1.82, 2.24) is 9.99 Å². The summed E-state index contributed by atoms with van der Waals surface area (Å²) in [7, 11) is -2.37. The Labute approximate surface area is 181 Å². The number of ether oxygens (including phenoxy) is 1. The Morgan fingerprint density at radius 3 is 2.71 bits per heavy atom. The van der Waals surface area contributed by atoms with Crippen LogP contribution in [0.2, 0.25) is 0 Å². The zero-order valence-electron chi connectivity index (χ0n) is 16.3. The van der Waals surface area contributed by atoms with E-state index in [1.807, 2.05) is 6.07 Å². The lowest BCUT2D eigenvalue weighted by Crippen LogP contribution is -2.35. The van der Waals surface area contributed by atoms with Gasteiger partial charge in [-0.05, 0) is 47.7 Å². The Kier molecular flexibility index (Phi) is 5.33. The third kappa shape index (κ3) is 4.34. The fourth-order valence-corrected chi connectivity index (χ4v) is 4.12. The molecule has 0 fully saturated rings. The highest BCUT2D eigenvalue weighted by atomic mass is 32.2. The number of aromatic nitrogens is 1. The molecule has 3 heterocycles. The number of methoxy groups -OCH3 is 1. The zero-order valence-corrected chi connectivity index (χ0v) is 17.9. The van der Waals surface area contributed by atoms with Gasteiger partial charge in [0.2, 0.25) is 5.17 Å². The largest absolute Gasteiger partial charge is 0.493 e. The minimum atomic E-state index is -3.73. The number of hydrazone groups is 1. The van der Waals surface area contributed by atoms with Crippen LogP contribution in [-0.2, 0) is 14.9 Å². The van der Waals surface area contributed by atoms with Gasteiger partial charge in [0, 0.05) is 18.0 Å². The lowest BCUT2D eigenvalue weighted by atomic mass is 10.1. The molecule has 4 rings (SSSR count). The van der Waals surface area contributed by atoms with Gasteiger partial charge in [0.15, 0.2) is 17.3 Å². The molecule has 10 nitrogen and oxygen atoms in total. The molecule has 0 atom stereocenters. The molecule has 12 heteroatoms. The predicted molar refractivity (Wildman–Crippen MR) is 117 cm³/mol. The number of fused-ring (bicyclic) bond motifs is 1. The molecule has 1 aromatic carbocycles. The quantitative estimate of drug-likeness (QED) is 0.533. The molecule has 2 aliphatic heterocycles. The van der Waals surface area contributed by atoms with Crippen LogP contribution in [0.25, 0.3) is 6.08 Å². The molecule has 31 heavy (non-hydrogen) atoms. The predicted octanol–water partition coefficient (Wildman–Crippen LogP) is 2.10. The molecule has 1 amide bonds. The number of hydrogen-bond donors (Lipinski definition) is 1. The van der Waals surface area contributed by atoms with Crippen LogP contribution in [0.15, 0.2) is 58.4 Å². The van der Waals surface area contributed by atoms with E-state index in [1.165, 1.54) is 42.1 Å². The van der Waals surface area contributed by atoms with E-state index in [2.05, 4.69) is 15.1 Å². The lowest BCUT2D eigenvalue weighted by Gasteiger charge is -2.20. The highest BCUT2D eigenvalue weighted by Crippen LogP contribution is 2.33. The first-order valence-electron chi connectivity index (χ1n) is 8.73.